The first-order valence-electron chi connectivity index (χ1n) is 9.51. The molecule has 0 amide bonds. The molecule has 2 aromatic rings. The van der Waals surface area contributed by atoms with Gasteiger partial charge in [0.1, 0.15) is 0 Å². The fraction of sp³-hybridized carbons (Fsp3) is 0.476. The maximum Gasteiger partial charge on any atom is 0.191 e. The van der Waals surface area contributed by atoms with Gasteiger partial charge in [-0.3, -0.25) is 9.89 Å². The van der Waals surface area contributed by atoms with Crippen LogP contribution < -0.4 is 10.6 Å². The summed E-state index contributed by atoms with van der Waals surface area (Å²) in [6, 6.07) is 13.5. The minimum atomic E-state index is 0. The Morgan fingerprint density at radius 1 is 1.29 bits per heavy atom. The molecule has 0 spiro atoms. The molecule has 0 aliphatic carbocycles. The van der Waals surface area contributed by atoms with Crippen molar-refractivity contribution in [1.82, 2.24) is 15.5 Å². The molecule has 2 heterocycles. The summed E-state index contributed by atoms with van der Waals surface area (Å²) in [6.07, 6.45) is 1.13. The van der Waals surface area contributed by atoms with Gasteiger partial charge in [0.25, 0.3) is 0 Å². The number of hydrogen-bond acceptors (Lipinski definition) is 4. The highest BCUT2D eigenvalue weighted by atomic mass is 127. The normalized spacial score (nSPS) is 16.6. The number of thiophene rings is 1. The van der Waals surface area contributed by atoms with Crippen LogP contribution in [0, 0.1) is 0 Å². The highest BCUT2D eigenvalue weighted by molar-refractivity contribution is 14.0. The molecule has 7 heteroatoms. The van der Waals surface area contributed by atoms with Crippen LogP contribution in [0.5, 0.6) is 0 Å². The van der Waals surface area contributed by atoms with Crippen molar-refractivity contribution in [2.75, 3.05) is 33.9 Å². The Morgan fingerprint density at radius 3 is 2.79 bits per heavy atom. The molecule has 154 valence electrons. The number of guanidine groups is 1. The summed E-state index contributed by atoms with van der Waals surface area (Å²) < 4.78 is 5.21. The van der Waals surface area contributed by atoms with Gasteiger partial charge in [-0.05, 0) is 35.9 Å². The van der Waals surface area contributed by atoms with Gasteiger partial charge in [0.2, 0.25) is 0 Å². The lowest BCUT2D eigenvalue weighted by molar-refractivity contribution is 0.176. The highest BCUT2D eigenvalue weighted by Gasteiger charge is 2.25. The lowest BCUT2D eigenvalue weighted by Gasteiger charge is -2.35. The van der Waals surface area contributed by atoms with Crippen molar-refractivity contribution < 1.29 is 4.74 Å². The number of halogens is 1. The van der Waals surface area contributed by atoms with Crippen LogP contribution >= 0.6 is 35.3 Å². The Hall–Kier alpha value is -1.16. The summed E-state index contributed by atoms with van der Waals surface area (Å²) in [5, 5.41) is 9.12. The van der Waals surface area contributed by atoms with Crippen LogP contribution in [-0.2, 0) is 17.7 Å². The number of hydrogen-bond donors (Lipinski definition) is 2. The molecule has 2 N–H and O–H groups in total. The predicted octanol–water partition coefficient (Wildman–Crippen LogP) is 3.67. The second-order valence-electron chi connectivity index (χ2n) is 6.97. The van der Waals surface area contributed by atoms with E-state index in [1.807, 2.05) is 18.4 Å². The summed E-state index contributed by atoms with van der Waals surface area (Å²) in [7, 11) is 3.53. The van der Waals surface area contributed by atoms with E-state index < -0.39 is 0 Å². The largest absolute Gasteiger partial charge is 0.383 e. The zero-order valence-electron chi connectivity index (χ0n) is 16.9. The summed E-state index contributed by atoms with van der Waals surface area (Å²) in [5.74, 6) is 0.814. The maximum atomic E-state index is 5.21. The van der Waals surface area contributed by atoms with E-state index in [2.05, 4.69) is 69.2 Å². The lowest BCUT2D eigenvalue weighted by Crippen LogP contribution is -2.47. The SMILES string of the molecule is CN=C(NCC(c1ccccc1)N1CCc2sccc2C1)NC(C)COC.I. The standard InChI is InChI=1S/C21H30N4OS.HI/c1-16(15-26-3)24-21(22-2)23-13-19(17-7-5-4-6-8-17)25-11-9-20-18(14-25)10-12-27-20;/h4-8,10,12,16,19H,9,11,13-15H2,1-3H3,(H2,22,23,24);1H. The Balaban J connectivity index is 0.00000280. The molecule has 1 aromatic carbocycles. The fourth-order valence-electron chi connectivity index (χ4n) is 3.58. The zero-order chi connectivity index (χ0) is 19.1. The number of benzene rings is 1. The van der Waals surface area contributed by atoms with Crippen molar-refractivity contribution in [3.05, 3.63) is 57.8 Å². The van der Waals surface area contributed by atoms with Crippen molar-refractivity contribution in [2.45, 2.75) is 32.0 Å². The third-order valence-corrected chi connectivity index (χ3v) is 5.97. The van der Waals surface area contributed by atoms with Gasteiger partial charge in [-0.1, -0.05) is 30.3 Å². The molecule has 0 bridgehead atoms. The summed E-state index contributed by atoms with van der Waals surface area (Å²) in [5.41, 5.74) is 2.81. The topological polar surface area (TPSA) is 48.9 Å². The van der Waals surface area contributed by atoms with E-state index in [1.54, 1.807) is 7.11 Å². The monoisotopic (exact) mass is 514 g/mol. The van der Waals surface area contributed by atoms with Gasteiger partial charge < -0.3 is 15.4 Å². The molecule has 0 radical (unpaired) electrons. The average Bonchev–Trinajstić information content (AvgIpc) is 3.16. The summed E-state index contributed by atoms with van der Waals surface area (Å²) in [4.78, 5) is 8.48. The highest BCUT2D eigenvalue weighted by Crippen LogP contribution is 2.30. The first-order chi connectivity index (χ1) is 13.2. The Kier molecular flexibility index (Phi) is 9.70. The minimum Gasteiger partial charge on any atom is -0.383 e. The summed E-state index contributed by atoms with van der Waals surface area (Å²) in [6.45, 7) is 5.64. The molecule has 0 saturated carbocycles. The average molecular weight is 514 g/mol. The molecule has 3 rings (SSSR count). The third kappa shape index (κ3) is 6.17. The van der Waals surface area contributed by atoms with Crippen molar-refractivity contribution in [3.63, 3.8) is 0 Å². The second-order valence-corrected chi connectivity index (χ2v) is 7.97. The number of ether oxygens (including phenoxy) is 1. The molecule has 28 heavy (non-hydrogen) atoms. The first-order valence-corrected chi connectivity index (χ1v) is 10.4. The van der Waals surface area contributed by atoms with E-state index in [0.717, 1.165) is 32.0 Å². The molecule has 1 aliphatic heterocycles. The van der Waals surface area contributed by atoms with Crippen LogP contribution in [0.3, 0.4) is 0 Å². The van der Waals surface area contributed by atoms with Crippen LogP contribution in [0.1, 0.15) is 29.0 Å². The number of nitrogens with zero attached hydrogens (tertiary/aromatic N) is 2. The summed E-state index contributed by atoms with van der Waals surface area (Å²) >= 11 is 1.88. The van der Waals surface area contributed by atoms with Crippen LogP contribution in [0.2, 0.25) is 0 Å². The smallest absolute Gasteiger partial charge is 0.191 e. The van der Waals surface area contributed by atoms with Crippen LogP contribution in [0.25, 0.3) is 0 Å². The van der Waals surface area contributed by atoms with Gasteiger partial charge in [-0.15, -0.1) is 35.3 Å². The molecule has 0 saturated heterocycles. The number of aliphatic imine (C=N–C) groups is 1. The number of methoxy groups -OCH3 is 1. The van der Waals surface area contributed by atoms with E-state index in [1.165, 1.54) is 16.0 Å². The number of nitrogens with one attached hydrogen (secondary N) is 2. The van der Waals surface area contributed by atoms with Gasteiger partial charge in [0.05, 0.1) is 12.6 Å². The van der Waals surface area contributed by atoms with E-state index >= 15 is 0 Å². The Labute approximate surface area is 189 Å². The van der Waals surface area contributed by atoms with E-state index in [0.29, 0.717) is 12.6 Å². The molecule has 0 fully saturated rings. The van der Waals surface area contributed by atoms with Crippen molar-refractivity contribution in [2.24, 2.45) is 4.99 Å². The van der Waals surface area contributed by atoms with Crippen LogP contribution in [0.4, 0.5) is 0 Å². The van der Waals surface area contributed by atoms with Crippen LogP contribution in [0.15, 0.2) is 46.8 Å². The molecule has 1 aliphatic rings. The molecular formula is C21H31IN4OS. The van der Waals surface area contributed by atoms with Gasteiger partial charge in [-0.25, -0.2) is 0 Å². The molecule has 5 nitrogen and oxygen atoms in total. The molecule has 2 unspecified atom stereocenters. The fourth-order valence-corrected chi connectivity index (χ4v) is 4.47. The molecule has 2 atom stereocenters. The van der Waals surface area contributed by atoms with Crippen molar-refractivity contribution >= 4 is 41.3 Å². The predicted molar refractivity (Wildman–Crippen MR) is 129 cm³/mol. The van der Waals surface area contributed by atoms with E-state index in [4.69, 9.17) is 4.74 Å². The third-order valence-electron chi connectivity index (χ3n) is 4.95. The van der Waals surface area contributed by atoms with Crippen LogP contribution in [-0.4, -0.2) is 50.8 Å². The quantitative estimate of drug-likeness (QED) is 0.337. The van der Waals surface area contributed by atoms with E-state index in [-0.39, 0.29) is 30.0 Å². The van der Waals surface area contributed by atoms with Gasteiger partial charge in [-0.2, -0.15) is 0 Å². The van der Waals surface area contributed by atoms with Gasteiger partial charge in [0, 0.05) is 44.7 Å². The van der Waals surface area contributed by atoms with Gasteiger partial charge in [0.15, 0.2) is 5.96 Å². The first kappa shape index (κ1) is 23.1. The Morgan fingerprint density at radius 2 is 2.07 bits per heavy atom. The zero-order valence-corrected chi connectivity index (χ0v) is 20.0. The minimum absolute atomic E-state index is 0. The molecular weight excluding hydrogens is 483 g/mol. The van der Waals surface area contributed by atoms with Crippen molar-refractivity contribution in [3.8, 4) is 0 Å². The van der Waals surface area contributed by atoms with Gasteiger partial charge >= 0.3 is 0 Å². The number of rotatable bonds is 7. The Bertz CT molecular complexity index is 737. The lowest BCUT2D eigenvalue weighted by atomic mass is 10.0. The molecule has 1 aromatic heterocycles. The maximum absolute atomic E-state index is 5.21. The second kappa shape index (κ2) is 11.7. The number of fused-ring (bicyclic) bond motifs is 1. The van der Waals surface area contributed by atoms with E-state index in [9.17, 15) is 0 Å². The van der Waals surface area contributed by atoms with Crippen molar-refractivity contribution in [1.29, 1.82) is 0 Å².